The van der Waals surface area contributed by atoms with Crippen molar-refractivity contribution in [1.29, 1.82) is 0 Å². The molecule has 4 rings (SSSR count). The molecule has 0 bridgehead atoms. The van der Waals surface area contributed by atoms with Crippen LogP contribution >= 0.6 is 11.8 Å². The summed E-state index contributed by atoms with van der Waals surface area (Å²) in [5, 5.41) is 12.8. The van der Waals surface area contributed by atoms with Gasteiger partial charge in [-0.2, -0.15) is 0 Å². The van der Waals surface area contributed by atoms with E-state index in [0.29, 0.717) is 29.4 Å². The molecule has 12 heteroatoms. The third kappa shape index (κ3) is 6.49. The second kappa shape index (κ2) is 11.4. The summed E-state index contributed by atoms with van der Waals surface area (Å²) in [6.07, 6.45) is 2.64. The molecule has 2 aromatic carbocycles. The SMILES string of the molecule is CCOc1ccc(NC(=O)CN2C(=O)S/C(=C/c3ccc(Oc4ccc([N+](=O)[O-])cn4)cc3)C2=O)cc1. The molecular weight excluding hydrogens is 500 g/mol. The fraction of sp³-hybridized carbons (Fsp3) is 0.120. The molecule has 3 amide bonds. The fourth-order valence-electron chi connectivity index (χ4n) is 3.23. The van der Waals surface area contributed by atoms with Crippen LogP contribution in [-0.4, -0.2) is 45.0 Å². The minimum absolute atomic E-state index is 0.148. The van der Waals surface area contributed by atoms with Gasteiger partial charge in [0.15, 0.2) is 0 Å². The third-order valence-electron chi connectivity index (χ3n) is 4.96. The highest BCUT2D eigenvalue weighted by atomic mass is 32.2. The van der Waals surface area contributed by atoms with Crippen LogP contribution in [0.2, 0.25) is 0 Å². The average molecular weight is 521 g/mol. The maximum absolute atomic E-state index is 12.7. The zero-order chi connectivity index (χ0) is 26.4. The van der Waals surface area contributed by atoms with E-state index in [1.807, 2.05) is 6.92 Å². The average Bonchev–Trinajstić information content (AvgIpc) is 3.14. The number of rotatable bonds is 9. The van der Waals surface area contributed by atoms with E-state index in [9.17, 15) is 24.5 Å². The number of ether oxygens (including phenoxy) is 2. The number of amides is 3. The van der Waals surface area contributed by atoms with Crippen molar-refractivity contribution >= 4 is 46.3 Å². The number of aromatic nitrogens is 1. The predicted molar refractivity (Wildman–Crippen MR) is 136 cm³/mol. The Morgan fingerprint density at radius 2 is 1.78 bits per heavy atom. The van der Waals surface area contributed by atoms with Gasteiger partial charge in [0.05, 0.1) is 16.4 Å². The van der Waals surface area contributed by atoms with Crippen molar-refractivity contribution in [3.8, 4) is 17.4 Å². The Kier molecular flexibility index (Phi) is 7.79. The van der Waals surface area contributed by atoms with E-state index in [-0.39, 0.29) is 16.5 Å². The van der Waals surface area contributed by atoms with E-state index >= 15 is 0 Å². The second-order valence-electron chi connectivity index (χ2n) is 7.56. The topological polar surface area (TPSA) is 141 Å². The number of carbonyl (C=O) groups is 3. The Labute approximate surface area is 215 Å². The van der Waals surface area contributed by atoms with Gasteiger partial charge >= 0.3 is 0 Å². The summed E-state index contributed by atoms with van der Waals surface area (Å²) in [7, 11) is 0. The van der Waals surface area contributed by atoms with Crippen molar-refractivity contribution in [2.24, 2.45) is 0 Å². The largest absolute Gasteiger partial charge is 0.494 e. The van der Waals surface area contributed by atoms with Crippen LogP contribution in [0.3, 0.4) is 0 Å². The van der Waals surface area contributed by atoms with E-state index in [1.54, 1.807) is 54.6 Å². The summed E-state index contributed by atoms with van der Waals surface area (Å²) in [5.41, 5.74) is 1.00. The van der Waals surface area contributed by atoms with E-state index in [1.165, 1.54) is 12.1 Å². The van der Waals surface area contributed by atoms with Crippen molar-refractivity contribution in [2.75, 3.05) is 18.5 Å². The van der Waals surface area contributed by atoms with Gasteiger partial charge in [0.25, 0.3) is 16.8 Å². The fourth-order valence-corrected chi connectivity index (χ4v) is 4.06. The van der Waals surface area contributed by atoms with Gasteiger partial charge in [0, 0.05) is 17.8 Å². The lowest BCUT2D eigenvalue weighted by molar-refractivity contribution is -0.385. The molecule has 1 N–H and O–H groups in total. The molecule has 0 radical (unpaired) electrons. The molecule has 2 heterocycles. The summed E-state index contributed by atoms with van der Waals surface area (Å²) in [6.45, 7) is 1.98. The lowest BCUT2D eigenvalue weighted by atomic mass is 10.2. The first kappa shape index (κ1) is 25.4. The highest BCUT2D eigenvalue weighted by molar-refractivity contribution is 8.18. The molecule has 188 valence electrons. The van der Waals surface area contributed by atoms with Crippen molar-refractivity contribution < 1.29 is 28.8 Å². The van der Waals surface area contributed by atoms with E-state index in [4.69, 9.17) is 9.47 Å². The molecular formula is C25H20N4O7S. The molecule has 1 aromatic heterocycles. The van der Waals surface area contributed by atoms with Crippen LogP contribution in [0.5, 0.6) is 17.4 Å². The number of hydrogen-bond donors (Lipinski definition) is 1. The molecule has 0 spiro atoms. The number of anilines is 1. The Hall–Kier alpha value is -4.71. The van der Waals surface area contributed by atoms with Gasteiger partial charge in [-0.05, 0) is 66.7 Å². The lowest BCUT2D eigenvalue weighted by Crippen LogP contribution is -2.36. The number of nitrogens with zero attached hydrogens (tertiary/aromatic N) is 3. The number of imide groups is 1. The van der Waals surface area contributed by atoms with Crippen molar-refractivity contribution in [1.82, 2.24) is 9.88 Å². The van der Waals surface area contributed by atoms with Crippen LogP contribution in [0.25, 0.3) is 6.08 Å². The van der Waals surface area contributed by atoms with E-state index < -0.39 is 28.5 Å². The first-order valence-corrected chi connectivity index (χ1v) is 11.8. The number of nitrogens with one attached hydrogen (secondary N) is 1. The second-order valence-corrected chi connectivity index (χ2v) is 8.55. The van der Waals surface area contributed by atoms with Crippen molar-refractivity contribution in [2.45, 2.75) is 6.92 Å². The summed E-state index contributed by atoms with van der Waals surface area (Å²) < 4.78 is 10.9. The number of nitro groups is 1. The quantitative estimate of drug-likeness (QED) is 0.238. The highest BCUT2D eigenvalue weighted by Gasteiger charge is 2.36. The first-order chi connectivity index (χ1) is 17.8. The monoisotopic (exact) mass is 520 g/mol. The standard InChI is InChI=1S/C25H20N4O7S/c1-2-35-19-10-5-17(6-11-19)27-22(30)15-28-24(31)21(37-25(28)32)13-16-3-8-20(9-4-16)36-23-12-7-18(14-26-23)29(33)34/h3-14H,2,15H2,1H3,(H,27,30)/b21-13+. The minimum atomic E-state index is -0.563. The van der Waals surface area contributed by atoms with Gasteiger partial charge < -0.3 is 14.8 Å². The Morgan fingerprint density at radius 3 is 2.41 bits per heavy atom. The van der Waals surface area contributed by atoms with Crippen LogP contribution in [0.1, 0.15) is 12.5 Å². The van der Waals surface area contributed by atoms with Gasteiger partial charge in [-0.25, -0.2) is 4.98 Å². The molecule has 1 saturated heterocycles. The van der Waals surface area contributed by atoms with Crippen LogP contribution in [0, 0.1) is 10.1 Å². The van der Waals surface area contributed by atoms with Gasteiger partial charge in [0.2, 0.25) is 11.8 Å². The lowest BCUT2D eigenvalue weighted by Gasteiger charge is -2.12. The maximum atomic E-state index is 12.7. The number of hydrogen-bond acceptors (Lipinski definition) is 9. The number of carbonyl (C=O) groups excluding carboxylic acids is 3. The van der Waals surface area contributed by atoms with Gasteiger partial charge in [-0.15, -0.1) is 0 Å². The molecule has 0 aliphatic carbocycles. The Bertz CT molecular complexity index is 1360. The van der Waals surface area contributed by atoms with Gasteiger partial charge in [0.1, 0.15) is 24.2 Å². The normalized spacial score (nSPS) is 14.1. The van der Waals surface area contributed by atoms with E-state index in [0.717, 1.165) is 22.9 Å². The van der Waals surface area contributed by atoms with Crippen LogP contribution in [0.15, 0.2) is 71.8 Å². The Balaban J connectivity index is 1.35. The molecule has 0 atom stereocenters. The van der Waals surface area contributed by atoms with E-state index in [2.05, 4.69) is 10.3 Å². The number of pyridine rings is 1. The van der Waals surface area contributed by atoms with Crippen LogP contribution in [0.4, 0.5) is 16.2 Å². The third-order valence-corrected chi connectivity index (χ3v) is 5.86. The summed E-state index contributed by atoms with van der Waals surface area (Å²) in [6, 6.07) is 16.0. The van der Waals surface area contributed by atoms with Crippen molar-refractivity contribution in [3.63, 3.8) is 0 Å². The molecule has 0 saturated carbocycles. The maximum Gasteiger partial charge on any atom is 0.294 e. The zero-order valence-corrected chi connectivity index (χ0v) is 20.3. The highest BCUT2D eigenvalue weighted by Crippen LogP contribution is 2.32. The van der Waals surface area contributed by atoms with Gasteiger partial charge in [-0.3, -0.25) is 29.4 Å². The molecule has 1 aliphatic heterocycles. The van der Waals surface area contributed by atoms with Gasteiger partial charge in [-0.1, -0.05) is 12.1 Å². The number of benzene rings is 2. The predicted octanol–water partition coefficient (Wildman–Crippen LogP) is 4.86. The molecule has 11 nitrogen and oxygen atoms in total. The molecule has 3 aromatic rings. The summed E-state index contributed by atoms with van der Waals surface area (Å²) in [4.78, 5) is 52.6. The molecule has 37 heavy (non-hydrogen) atoms. The smallest absolute Gasteiger partial charge is 0.294 e. The number of thioether (sulfide) groups is 1. The zero-order valence-electron chi connectivity index (χ0n) is 19.5. The van der Waals surface area contributed by atoms with Crippen LogP contribution < -0.4 is 14.8 Å². The molecule has 1 aliphatic rings. The summed E-state index contributed by atoms with van der Waals surface area (Å²) >= 11 is 0.749. The molecule has 1 fully saturated rings. The first-order valence-electron chi connectivity index (χ1n) is 11.0. The summed E-state index contributed by atoms with van der Waals surface area (Å²) in [5.74, 6) is 0.209. The minimum Gasteiger partial charge on any atom is -0.494 e. The molecule has 0 unspecified atom stereocenters. The van der Waals surface area contributed by atoms with Crippen LogP contribution in [-0.2, 0) is 9.59 Å². The van der Waals surface area contributed by atoms with Crippen molar-refractivity contribution in [3.05, 3.63) is 87.4 Å². The Morgan fingerprint density at radius 1 is 1.08 bits per heavy atom.